The van der Waals surface area contributed by atoms with Gasteiger partial charge in [0.05, 0.1) is 13.2 Å². The van der Waals surface area contributed by atoms with Crippen molar-refractivity contribution >= 4 is 0 Å². The van der Waals surface area contributed by atoms with Gasteiger partial charge in [0.25, 0.3) is 0 Å². The van der Waals surface area contributed by atoms with Crippen LogP contribution in [0.1, 0.15) is 6.42 Å². The van der Waals surface area contributed by atoms with Crippen molar-refractivity contribution in [2.75, 3.05) is 46.4 Å². The zero-order valence-corrected chi connectivity index (χ0v) is 8.96. The molecule has 0 spiro atoms. The van der Waals surface area contributed by atoms with Crippen LogP contribution in [0.4, 0.5) is 0 Å². The number of ether oxygens (including phenoxy) is 1. The van der Waals surface area contributed by atoms with Crippen LogP contribution >= 0.6 is 0 Å². The van der Waals surface area contributed by atoms with Gasteiger partial charge in [0.1, 0.15) is 0 Å². The Labute approximate surface area is 85.8 Å². The summed E-state index contributed by atoms with van der Waals surface area (Å²) in [6.45, 7) is 7.08. The fourth-order valence-corrected chi connectivity index (χ4v) is 3.24. The Morgan fingerprint density at radius 3 is 2.43 bits per heavy atom. The monoisotopic (exact) mass is 196 g/mol. The molecule has 3 aliphatic heterocycles. The first kappa shape index (κ1) is 9.13. The maximum absolute atomic E-state index is 5.50. The molecule has 3 heterocycles. The van der Waals surface area contributed by atoms with E-state index in [0.29, 0.717) is 5.41 Å². The Morgan fingerprint density at radius 2 is 2.07 bits per heavy atom. The van der Waals surface area contributed by atoms with Crippen LogP contribution in [0.25, 0.3) is 0 Å². The van der Waals surface area contributed by atoms with Crippen molar-refractivity contribution < 1.29 is 4.74 Å². The minimum atomic E-state index is 0.552. The summed E-state index contributed by atoms with van der Waals surface area (Å²) in [7, 11) is 2.24. The maximum Gasteiger partial charge on any atom is 0.0551 e. The fraction of sp³-hybridized carbons (Fsp3) is 1.00. The molecule has 0 saturated carbocycles. The summed E-state index contributed by atoms with van der Waals surface area (Å²) in [5.41, 5.74) is 0.552. The zero-order chi connectivity index (χ0) is 9.60. The van der Waals surface area contributed by atoms with Crippen LogP contribution in [-0.4, -0.2) is 51.3 Å². The number of nitrogens with one attached hydrogen (secondary N) is 1. The maximum atomic E-state index is 5.50. The lowest BCUT2D eigenvalue weighted by Crippen LogP contribution is -2.63. The lowest BCUT2D eigenvalue weighted by Gasteiger charge is -2.54. The largest absolute Gasteiger partial charge is 0.380 e. The van der Waals surface area contributed by atoms with E-state index in [2.05, 4.69) is 17.3 Å². The third-order valence-corrected chi connectivity index (χ3v) is 4.54. The van der Waals surface area contributed by atoms with Crippen LogP contribution in [-0.2, 0) is 4.74 Å². The second-order valence-corrected chi connectivity index (χ2v) is 5.33. The number of hydrogen-bond donors (Lipinski definition) is 1. The highest BCUT2D eigenvalue weighted by molar-refractivity contribution is 5.03. The molecule has 3 fully saturated rings. The SMILES string of the molecule is CN1CCC(C2(C3CNC3)COC2)C1. The molecule has 0 aromatic carbocycles. The van der Waals surface area contributed by atoms with Gasteiger partial charge >= 0.3 is 0 Å². The fourth-order valence-electron chi connectivity index (χ4n) is 3.24. The summed E-state index contributed by atoms with van der Waals surface area (Å²) in [6, 6.07) is 0. The van der Waals surface area contributed by atoms with Gasteiger partial charge in [-0.05, 0) is 44.9 Å². The summed E-state index contributed by atoms with van der Waals surface area (Å²) in [6.07, 6.45) is 1.39. The quantitative estimate of drug-likeness (QED) is 0.681. The van der Waals surface area contributed by atoms with E-state index in [4.69, 9.17) is 4.74 Å². The molecule has 0 aliphatic carbocycles. The van der Waals surface area contributed by atoms with Crippen molar-refractivity contribution in [3.63, 3.8) is 0 Å². The molecule has 1 atom stereocenters. The molecule has 3 saturated heterocycles. The van der Waals surface area contributed by atoms with E-state index in [1.165, 1.54) is 32.6 Å². The Balaban J connectivity index is 1.72. The summed E-state index contributed by atoms with van der Waals surface area (Å²) in [5.74, 6) is 1.79. The summed E-state index contributed by atoms with van der Waals surface area (Å²) >= 11 is 0. The van der Waals surface area contributed by atoms with Crippen LogP contribution < -0.4 is 5.32 Å². The van der Waals surface area contributed by atoms with E-state index in [1.807, 2.05) is 0 Å². The number of nitrogens with zero attached hydrogens (tertiary/aromatic N) is 1. The van der Waals surface area contributed by atoms with Crippen LogP contribution in [0.15, 0.2) is 0 Å². The molecule has 1 unspecified atom stereocenters. The zero-order valence-electron chi connectivity index (χ0n) is 8.96. The van der Waals surface area contributed by atoms with Gasteiger partial charge in [-0.2, -0.15) is 0 Å². The summed E-state index contributed by atoms with van der Waals surface area (Å²) in [4.78, 5) is 2.47. The Kier molecular flexibility index (Phi) is 2.08. The molecule has 80 valence electrons. The second kappa shape index (κ2) is 3.19. The highest BCUT2D eigenvalue weighted by Crippen LogP contribution is 2.47. The standard InChI is InChI=1S/C11H20N2O/c1-13-3-2-9(6-13)11(7-14-8-11)10-4-12-5-10/h9-10,12H,2-8H2,1H3. The van der Waals surface area contributed by atoms with Gasteiger partial charge in [-0.3, -0.25) is 0 Å². The van der Waals surface area contributed by atoms with Crippen LogP contribution in [0.2, 0.25) is 0 Å². The van der Waals surface area contributed by atoms with Gasteiger partial charge in [0.2, 0.25) is 0 Å². The first-order chi connectivity index (χ1) is 6.81. The molecular formula is C11H20N2O. The van der Waals surface area contributed by atoms with Gasteiger partial charge in [-0.1, -0.05) is 0 Å². The second-order valence-electron chi connectivity index (χ2n) is 5.33. The average Bonchev–Trinajstić information content (AvgIpc) is 2.40. The van der Waals surface area contributed by atoms with Crippen molar-refractivity contribution in [2.45, 2.75) is 6.42 Å². The average molecular weight is 196 g/mol. The van der Waals surface area contributed by atoms with Crippen molar-refractivity contribution in [1.29, 1.82) is 0 Å². The predicted molar refractivity (Wildman–Crippen MR) is 55.2 cm³/mol. The van der Waals surface area contributed by atoms with Gasteiger partial charge in [-0.25, -0.2) is 0 Å². The van der Waals surface area contributed by atoms with Gasteiger partial charge in [0, 0.05) is 12.0 Å². The van der Waals surface area contributed by atoms with E-state index in [0.717, 1.165) is 25.0 Å². The summed E-state index contributed by atoms with van der Waals surface area (Å²) < 4.78 is 5.50. The molecular weight excluding hydrogens is 176 g/mol. The summed E-state index contributed by atoms with van der Waals surface area (Å²) in [5, 5.41) is 3.40. The molecule has 0 amide bonds. The lowest BCUT2D eigenvalue weighted by molar-refractivity contribution is -0.184. The Morgan fingerprint density at radius 1 is 1.29 bits per heavy atom. The normalized spacial score (nSPS) is 37.9. The predicted octanol–water partition coefficient (Wildman–Crippen LogP) is 0.174. The smallest absolute Gasteiger partial charge is 0.0551 e. The van der Waals surface area contributed by atoms with Gasteiger partial charge < -0.3 is 15.0 Å². The molecule has 3 aliphatic rings. The molecule has 0 radical (unpaired) electrons. The van der Waals surface area contributed by atoms with E-state index >= 15 is 0 Å². The van der Waals surface area contributed by atoms with Gasteiger partial charge in [-0.15, -0.1) is 0 Å². The highest BCUT2D eigenvalue weighted by Gasteiger charge is 2.53. The third-order valence-electron chi connectivity index (χ3n) is 4.54. The van der Waals surface area contributed by atoms with Crippen molar-refractivity contribution in [3.05, 3.63) is 0 Å². The molecule has 3 nitrogen and oxygen atoms in total. The minimum Gasteiger partial charge on any atom is -0.380 e. The molecule has 3 heteroatoms. The number of likely N-dealkylation sites (tertiary alicyclic amines) is 1. The highest BCUT2D eigenvalue weighted by atomic mass is 16.5. The molecule has 0 aromatic rings. The number of hydrogen-bond acceptors (Lipinski definition) is 3. The van der Waals surface area contributed by atoms with E-state index in [9.17, 15) is 0 Å². The minimum absolute atomic E-state index is 0.552. The molecule has 0 aromatic heterocycles. The van der Waals surface area contributed by atoms with Crippen LogP contribution in [0, 0.1) is 17.3 Å². The molecule has 14 heavy (non-hydrogen) atoms. The van der Waals surface area contributed by atoms with Crippen LogP contribution in [0.3, 0.4) is 0 Å². The molecule has 3 rings (SSSR count). The van der Waals surface area contributed by atoms with Crippen molar-refractivity contribution in [3.8, 4) is 0 Å². The third kappa shape index (κ3) is 1.16. The van der Waals surface area contributed by atoms with Crippen molar-refractivity contribution in [1.82, 2.24) is 10.2 Å². The van der Waals surface area contributed by atoms with E-state index in [-0.39, 0.29) is 0 Å². The molecule has 0 bridgehead atoms. The topological polar surface area (TPSA) is 24.5 Å². The lowest BCUT2D eigenvalue weighted by atomic mass is 9.62. The van der Waals surface area contributed by atoms with Gasteiger partial charge in [0.15, 0.2) is 0 Å². The number of rotatable bonds is 2. The van der Waals surface area contributed by atoms with Crippen LogP contribution in [0.5, 0.6) is 0 Å². The Bertz CT molecular complexity index is 223. The van der Waals surface area contributed by atoms with E-state index in [1.54, 1.807) is 0 Å². The first-order valence-electron chi connectivity index (χ1n) is 5.78. The van der Waals surface area contributed by atoms with Crippen molar-refractivity contribution in [2.24, 2.45) is 17.3 Å². The molecule has 1 N–H and O–H groups in total. The Hall–Kier alpha value is -0.120. The van der Waals surface area contributed by atoms with E-state index < -0.39 is 0 Å². The first-order valence-corrected chi connectivity index (χ1v) is 5.78.